The summed E-state index contributed by atoms with van der Waals surface area (Å²) in [5.41, 5.74) is -0.682. The number of hydrogen-bond acceptors (Lipinski definition) is 4. The normalized spacial score (nSPS) is 19.4. The van der Waals surface area contributed by atoms with Gasteiger partial charge in [-0.25, -0.2) is 4.79 Å². The highest BCUT2D eigenvalue weighted by molar-refractivity contribution is 6.30. The summed E-state index contributed by atoms with van der Waals surface area (Å²) < 4.78 is 51.3. The van der Waals surface area contributed by atoms with Crippen molar-refractivity contribution < 1.29 is 27.4 Å². The van der Waals surface area contributed by atoms with E-state index in [0.29, 0.717) is 35.8 Å². The maximum Gasteiger partial charge on any atom is 0.416 e. The summed E-state index contributed by atoms with van der Waals surface area (Å²) >= 11 is 6.05. The Balaban J connectivity index is 1.45. The van der Waals surface area contributed by atoms with Gasteiger partial charge in [-0.1, -0.05) is 29.8 Å². The highest BCUT2D eigenvalue weighted by atomic mass is 35.5. The molecule has 0 aliphatic carbocycles. The Labute approximate surface area is 189 Å². The van der Waals surface area contributed by atoms with Gasteiger partial charge >= 0.3 is 12.3 Å². The molecule has 2 aromatic rings. The van der Waals surface area contributed by atoms with Crippen LogP contribution in [0.25, 0.3) is 0 Å². The number of carbonyl (C=O) groups is 1. The van der Waals surface area contributed by atoms with E-state index in [1.165, 1.54) is 6.07 Å². The fourth-order valence-corrected chi connectivity index (χ4v) is 4.36. The van der Waals surface area contributed by atoms with Crippen molar-refractivity contribution in [1.82, 2.24) is 10.2 Å². The number of likely N-dealkylation sites (tertiary alicyclic amines) is 1. The van der Waals surface area contributed by atoms with Crippen LogP contribution in [0.3, 0.4) is 0 Å². The smallest absolute Gasteiger partial charge is 0.416 e. The second-order valence-electron chi connectivity index (χ2n) is 8.24. The Kier molecular flexibility index (Phi) is 6.53. The molecule has 32 heavy (non-hydrogen) atoms. The van der Waals surface area contributed by atoms with Gasteiger partial charge in [0.25, 0.3) is 0 Å². The monoisotopic (exact) mass is 468 g/mol. The van der Waals surface area contributed by atoms with Crippen LogP contribution >= 0.6 is 11.6 Å². The van der Waals surface area contributed by atoms with Gasteiger partial charge in [-0.15, -0.1) is 0 Å². The lowest BCUT2D eigenvalue weighted by molar-refractivity contribution is -0.137. The minimum atomic E-state index is -4.43. The van der Waals surface area contributed by atoms with Crippen molar-refractivity contribution in [1.29, 1.82) is 0 Å². The molecule has 9 heteroatoms. The number of nitrogens with zero attached hydrogens (tertiary/aromatic N) is 1. The molecule has 172 valence electrons. The Morgan fingerprint density at radius 3 is 2.56 bits per heavy atom. The molecule has 0 aromatic heterocycles. The van der Waals surface area contributed by atoms with Gasteiger partial charge in [-0.2, -0.15) is 13.2 Å². The zero-order valence-electron chi connectivity index (χ0n) is 17.3. The molecule has 5 nitrogen and oxygen atoms in total. The molecule has 0 radical (unpaired) electrons. The minimum Gasteiger partial charge on any atom is -0.486 e. The summed E-state index contributed by atoms with van der Waals surface area (Å²) in [4.78, 5) is 13.6. The van der Waals surface area contributed by atoms with Gasteiger partial charge in [-0.05, 0) is 35.9 Å². The lowest BCUT2D eigenvalue weighted by Crippen LogP contribution is -2.47. The number of piperidine rings is 1. The first-order chi connectivity index (χ1) is 15.2. The van der Waals surface area contributed by atoms with E-state index in [1.54, 1.807) is 30.3 Å². The van der Waals surface area contributed by atoms with E-state index in [-0.39, 0.29) is 6.09 Å². The van der Waals surface area contributed by atoms with Crippen LogP contribution in [0.1, 0.15) is 36.5 Å². The molecule has 0 bridgehead atoms. The Morgan fingerprint density at radius 1 is 1.16 bits per heavy atom. The third-order valence-electron chi connectivity index (χ3n) is 6.00. The van der Waals surface area contributed by atoms with E-state index in [1.807, 2.05) is 0 Å². The number of hydrogen-bond donors (Lipinski definition) is 1. The number of carbonyl (C=O) groups excluding carboxylic acids is 1. The van der Waals surface area contributed by atoms with Gasteiger partial charge in [0.05, 0.1) is 12.1 Å². The number of amides is 1. The van der Waals surface area contributed by atoms with Crippen molar-refractivity contribution in [2.24, 2.45) is 0 Å². The minimum absolute atomic E-state index is 0.377. The predicted octanol–water partition coefficient (Wildman–Crippen LogP) is 5.44. The zero-order valence-corrected chi connectivity index (χ0v) is 18.1. The van der Waals surface area contributed by atoms with Crippen molar-refractivity contribution in [3.8, 4) is 5.75 Å². The van der Waals surface area contributed by atoms with E-state index in [0.717, 1.165) is 38.1 Å². The lowest BCUT2D eigenvalue weighted by atomic mass is 9.91. The topological polar surface area (TPSA) is 50.8 Å². The van der Waals surface area contributed by atoms with Crippen molar-refractivity contribution in [3.05, 3.63) is 64.7 Å². The quantitative estimate of drug-likeness (QED) is 0.613. The molecule has 1 N–H and O–H groups in total. The second-order valence-corrected chi connectivity index (χ2v) is 8.68. The van der Waals surface area contributed by atoms with Gasteiger partial charge in [0.15, 0.2) is 0 Å². The first kappa shape index (κ1) is 22.7. The maximum absolute atomic E-state index is 13.3. The van der Waals surface area contributed by atoms with Gasteiger partial charge in [0.2, 0.25) is 0 Å². The molecule has 1 atom stereocenters. The molecular weight excluding hydrogens is 445 g/mol. The number of nitrogens with one attached hydrogen (secondary N) is 1. The number of benzene rings is 2. The molecule has 2 aliphatic rings. The third kappa shape index (κ3) is 5.48. The van der Waals surface area contributed by atoms with Crippen LogP contribution in [-0.4, -0.2) is 42.8 Å². The van der Waals surface area contributed by atoms with Crippen LogP contribution in [0.2, 0.25) is 5.02 Å². The van der Waals surface area contributed by atoms with Crippen LogP contribution in [0.4, 0.5) is 18.0 Å². The van der Waals surface area contributed by atoms with Crippen LogP contribution in [0, 0.1) is 0 Å². The van der Waals surface area contributed by atoms with Crippen molar-refractivity contribution in [3.63, 3.8) is 0 Å². The summed E-state index contributed by atoms with van der Waals surface area (Å²) in [5.74, 6) is 0.501. The number of alkyl halides is 3. The molecule has 1 amide bonds. The third-order valence-corrected chi connectivity index (χ3v) is 6.23. The largest absolute Gasteiger partial charge is 0.486 e. The SMILES string of the molecule is O=C1NCC2(CCN(CCC(Oc3cccc(Cl)c3)c3cccc(C(F)(F)F)c3)CC2)O1. The molecule has 1 unspecified atom stereocenters. The summed E-state index contributed by atoms with van der Waals surface area (Å²) in [6, 6.07) is 12.1. The zero-order chi connectivity index (χ0) is 22.8. The summed E-state index contributed by atoms with van der Waals surface area (Å²) in [5, 5.41) is 3.21. The Morgan fingerprint density at radius 2 is 1.91 bits per heavy atom. The van der Waals surface area contributed by atoms with E-state index in [2.05, 4.69) is 10.2 Å². The first-order valence-electron chi connectivity index (χ1n) is 10.5. The highest BCUT2D eigenvalue weighted by Crippen LogP contribution is 2.34. The number of halogens is 4. The summed E-state index contributed by atoms with van der Waals surface area (Å²) in [6.07, 6.45) is -3.44. The number of ether oxygens (including phenoxy) is 2. The van der Waals surface area contributed by atoms with E-state index < -0.39 is 23.4 Å². The van der Waals surface area contributed by atoms with Crippen LogP contribution in [0.5, 0.6) is 5.75 Å². The maximum atomic E-state index is 13.3. The molecule has 2 aromatic carbocycles. The lowest BCUT2D eigenvalue weighted by Gasteiger charge is -2.37. The Hall–Kier alpha value is -2.45. The van der Waals surface area contributed by atoms with Crippen LogP contribution < -0.4 is 10.1 Å². The molecule has 0 saturated carbocycles. The average molecular weight is 469 g/mol. The summed E-state index contributed by atoms with van der Waals surface area (Å²) in [6.45, 7) is 2.63. The number of alkyl carbamates (subject to hydrolysis) is 1. The van der Waals surface area contributed by atoms with E-state index in [4.69, 9.17) is 21.1 Å². The molecule has 2 aliphatic heterocycles. The van der Waals surface area contributed by atoms with Crippen LogP contribution in [0.15, 0.2) is 48.5 Å². The fourth-order valence-electron chi connectivity index (χ4n) is 4.18. The van der Waals surface area contributed by atoms with Crippen molar-refractivity contribution in [2.45, 2.75) is 37.1 Å². The molecule has 1 spiro atoms. The molecular formula is C23H24ClF3N2O3. The van der Waals surface area contributed by atoms with Crippen molar-refractivity contribution >= 4 is 17.7 Å². The average Bonchev–Trinajstić information content (AvgIpc) is 3.12. The molecule has 2 heterocycles. The first-order valence-corrected chi connectivity index (χ1v) is 10.9. The predicted molar refractivity (Wildman–Crippen MR) is 114 cm³/mol. The van der Waals surface area contributed by atoms with E-state index in [9.17, 15) is 18.0 Å². The Bertz CT molecular complexity index is 961. The van der Waals surface area contributed by atoms with Gasteiger partial charge in [0, 0.05) is 43.9 Å². The van der Waals surface area contributed by atoms with Gasteiger partial charge in [-0.3, -0.25) is 0 Å². The fraction of sp³-hybridized carbons (Fsp3) is 0.435. The van der Waals surface area contributed by atoms with Crippen LogP contribution in [-0.2, 0) is 10.9 Å². The highest BCUT2D eigenvalue weighted by Gasteiger charge is 2.42. The number of rotatable bonds is 6. The van der Waals surface area contributed by atoms with Gasteiger partial charge in [0.1, 0.15) is 17.5 Å². The molecule has 2 fully saturated rings. The van der Waals surface area contributed by atoms with E-state index >= 15 is 0 Å². The second kappa shape index (κ2) is 9.19. The molecule has 2 saturated heterocycles. The summed E-state index contributed by atoms with van der Waals surface area (Å²) in [7, 11) is 0. The van der Waals surface area contributed by atoms with Crippen molar-refractivity contribution in [2.75, 3.05) is 26.2 Å². The molecule has 4 rings (SSSR count). The standard InChI is InChI=1S/C23H24ClF3N2O3/c24-18-5-2-6-19(14-18)31-20(16-3-1-4-17(13-16)23(25,26)27)7-10-29-11-8-22(9-12-29)15-28-21(30)32-22/h1-6,13-14,20H,7-12,15H2,(H,28,30). The van der Waals surface area contributed by atoms with Gasteiger partial charge < -0.3 is 19.7 Å².